The molecule has 0 aliphatic rings. The average molecular weight is 395 g/mol. The number of hydrogen-bond acceptors (Lipinski definition) is 3. The number of thiazole rings is 1. The van der Waals surface area contributed by atoms with E-state index in [1.807, 2.05) is 23.6 Å². The first kappa shape index (κ1) is 16.1. The van der Waals surface area contributed by atoms with Crippen molar-refractivity contribution < 1.29 is 4.74 Å². The molecule has 108 valence electrons. The minimum absolute atomic E-state index is 0.488. The van der Waals surface area contributed by atoms with Gasteiger partial charge in [0.05, 0.1) is 28.2 Å². The van der Waals surface area contributed by atoms with E-state index in [2.05, 4.69) is 20.9 Å². The molecule has 0 spiro atoms. The van der Waals surface area contributed by atoms with Crippen molar-refractivity contribution >= 4 is 50.5 Å². The maximum absolute atomic E-state index is 6.08. The van der Waals surface area contributed by atoms with Gasteiger partial charge in [-0.05, 0) is 37.5 Å². The summed E-state index contributed by atoms with van der Waals surface area (Å²) in [5, 5.41) is 3.79. The Hall–Kier alpha value is -0.290. The van der Waals surface area contributed by atoms with Gasteiger partial charge in [0.25, 0.3) is 0 Å². The zero-order chi connectivity index (χ0) is 14.4. The summed E-state index contributed by atoms with van der Waals surface area (Å²) in [6.07, 6.45) is 2.99. The van der Waals surface area contributed by atoms with E-state index < -0.39 is 0 Å². The fourth-order valence-electron chi connectivity index (χ4n) is 1.68. The number of halogens is 3. The molecule has 2 rings (SSSR count). The second-order valence-electron chi connectivity index (χ2n) is 4.25. The van der Waals surface area contributed by atoms with Crippen LogP contribution in [0.1, 0.15) is 23.5 Å². The SMILES string of the molecule is ClCc1csc(CCCCOc2ccc(Br)cc2Cl)n1. The van der Waals surface area contributed by atoms with E-state index in [0.717, 1.165) is 40.2 Å². The number of benzene rings is 1. The van der Waals surface area contributed by atoms with Gasteiger partial charge in [-0.25, -0.2) is 4.98 Å². The third-order valence-corrected chi connectivity index (χ3v) is 4.69. The highest BCUT2D eigenvalue weighted by atomic mass is 79.9. The van der Waals surface area contributed by atoms with Gasteiger partial charge >= 0.3 is 0 Å². The lowest BCUT2D eigenvalue weighted by molar-refractivity contribution is 0.307. The highest BCUT2D eigenvalue weighted by molar-refractivity contribution is 9.10. The molecule has 0 unspecified atom stereocenters. The molecular formula is C14H14BrCl2NOS. The summed E-state index contributed by atoms with van der Waals surface area (Å²) in [4.78, 5) is 4.43. The van der Waals surface area contributed by atoms with Crippen molar-refractivity contribution in [3.63, 3.8) is 0 Å². The van der Waals surface area contributed by atoms with Gasteiger partial charge < -0.3 is 4.74 Å². The Morgan fingerprint density at radius 2 is 2.15 bits per heavy atom. The third-order valence-electron chi connectivity index (χ3n) is 2.67. The monoisotopic (exact) mass is 393 g/mol. The minimum Gasteiger partial charge on any atom is -0.492 e. The number of alkyl halides is 1. The van der Waals surface area contributed by atoms with Crippen LogP contribution in [0, 0.1) is 0 Å². The van der Waals surface area contributed by atoms with Crippen LogP contribution in [0.25, 0.3) is 0 Å². The molecule has 0 atom stereocenters. The van der Waals surface area contributed by atoms with Crippen LogP contribution in [0.5, 0.6) is 5.75 Å². The molecule has 1 aromatic heterocycles. The van der Waals surface area contributed by atoms with E-state index in [-0.39, 0.29) is 0 Å². The predicted molar refractivity (Wildman–Crippen MR) is 89.3 cm³/mol. The molecule has 0 saturated heterocycles. The highest BCUT2D eigenvalue weighted by Crippen LogP contribution is 2.27. The molecule has 0 aliphatic carbocycles. The molecule has 0 N–H and O–H groups in total. The van der Waals surface area contributed by atoms with Crippen LogP contribution in [0.2, 0.25) is 5.02 Å². The summed E-state index contributed by atoms with van der Waals surface area (Å²) in [5.74, 6) is 1.22. The molecule has 0 saturated carbocycles. The van der Waals surface area contributed by atoms with Crippen molar-refractivity contribution in [2.24, 2.45) is 0 Å². The molecule has 0 amide bonds. The van der Waals surface area contributed by atoms with Gasteiger partial charge in [0.1, 0.15) is 5.75 Å². The number of hydrogen-bond donors (Lipinski definition) is 0. The molecule has 0 bridgehead atoms. The van der Waals surface area contributed by atoms with Gasteiger partial charge in [0.15, 0.2) is 0 Å². The largest absolute Gasteiger partial charge is 0.492 e. The van der Waals surface area contributed by atoms with Crippen molar-refractivity contribution in [1.82, 2.24) is 4.98 Å². The summed E-state index contributed by atoms with van der Waals surface area (Å²) >= 11 is 16.8. The van der Waals surface area contributed by atoms with Gasteiger partial charge in [0, 0.05) is 9.85 Å². The Morgan fingerprint density at radius 3 is 2.85 bits per heavy atom. The Balaban J connectivity index is 1.68. The van der Waals surface area contributed by atoms with E-state index in [0.29, 0.717) is 17.5 Å². The normalized spacial score (nSPS) is 10.8. The van der Waals surface area contributed by atoms with E-state index in [1.165, 1.54) is 0 Å². The predicted octanol–water partition coefficient (Wildman–Crippen LogP) is 5.70. The quantitative estimate of drug-likeness (QED) is 0.443. The van der Waals surface area contributed by atoms with Crippen LogP contribution in [-0.2, 0) is 12.3 Å². The molecule has 6 heteroatoms. The van der Waals surface area contributed by atoms with Crippen LogP contribution < -0.4 is 4.74 Å². The lowest BCUT2D eigenvalue weighted by Crippen LogP contribution is -1.99. The summed E-state index contributed by atoms with van der Waals surface area (Å²) in [6.45, 7) is 0.662. The van der Waals surface area contributed by atoms with Gasteiger partial charge in [-0.3, -0.25) is 0 Å². The lowest BCUT2D eigenvalue weighted by Gasteiger charge is -2.07. The van der Waals surface area contributed by atoms with Crippen LogP contribution >= 0.6 is 50.5 Å². The van der Waals surface area contributed by atoms with Crippen molar-refractivity contribution in [3.8, 4) is 5.75 Å². The molecule has 0 fully saturated rings. The van der Waals surface area contributed by atoms with Crippen LogP contribution in [0.4, 0.5) is 0 Å². The van der Waals surface area contributed by atoms with Gasteiger partial charge in [-0.2, -0.15) is 0 Å². The maximum Gasteiger partial charge on any atom is 0.137 e. The van der Waals surface area contributed by atoms with Crippen LogP contribution in [0.15, 0.2) is 28.1 Å². The molecule has 0 aliphatic heterocycles. The smallest absolute Gasteiger partial charge is 0.137 e. The first-order valence-corrected chi connectivity index (χ1v) is 8.84. The molecule has 2 aromatic rings. The van der Waals surface area contributed by atoms with E-state index >= 15 is 0 Å². The summed E-state index contributed by atoms with van der Waals surface area (Å²) in [5.41, 5.74) is 0.963. The standard InChI is InChI=1S/C14H14BrCl2NOS/c15-10-4-5-13(12(17)7-10)19-6-2-1-3-14-18-11(8-16)9-20-14/h4-5,7,9H,1-3,6,8H2. The topological polar surface area (TPSA) is 22.1 Å². The van der Waals surface area contributed by atoms with E-state index in [4.69, 9.17) is 27.9 Å². The van der Waals surface area contributed by atoms with E-state index in [1.54, 1.807) is 11.3 Å². The molecule has 1 heterocycles. The first-order valence-electron chi connectivity index (χ1n) is 6.26. The summed E-state index contributed by atoms with van der Waals surface area (Å²) in [7, 11) is 0. The first-order chi connectivity index (χ1) is 9.69. The van der Waals surface area contributed by atoms with Crippen LogP contribution in [0.3, 0.4) is 0 Å². The molecular weight excluding hydrogens is 381 g/mol. The number of nitrogens with zero attached hydrogens (tertiary/aromatic N) is 1. The van der Waals surface area contributed by atoms with Gasteiger partial charge in [-0.15, -0.1) is 22.9 Å². The van der Waals surface area contributed by atoms with E-state index in [9.17, 15) is 0 Å². The molecule has 20 heavy (non-hydrogen) atoms. The number of ether oxygens (including phenoxy) is 1. The summed E-state index contributed by atoms with van der Waals surface area (Å²) in [6, 6.07) is 5.63. The van der Waals surface area contributed by atoms with Crippen molar-refractivity contribution in [1.29, 1.82) is 0 Å². The zero-order valence-corrected chi connectivity index (χ0v) is 14.7. The van der Waals surface area contributed by atoms with Gasteiger partial charge in [0.2, 0.25) is 0 Å². The molecule has 1 aromatic carbocycles. The van der Waals surface area contributed by atoms with Crippen molar-refractivity contribution in [2.75, 3.05) is 6.61 Å². The van der Waals surface area contributed by atoms with Crippen molar-refractivity contribution in [2.45, 2.75) is 25.1 Å². The molecule has 0 radical (unpaired) electrons. The molecule has 2 nitrogen and oxygen atoms in total. The number of rotatable bonds is 7. The fourth-order valence-corrected chi connectivity index (χ4v) is 3.47. The fraction of sp³-hybridized carbons (Fsp3) is 0.357. The lowest BCUT2D eigenvalue weighted by atomic mass is 10.2. The Bertz CT molecular complexity index is 562. The van der Waals surface area contributed by atoms with Crippen molar-refractivity contribution in [3.05, 3.63) is 43.8 Å². The Kier molecular flexibility index (Phi) is 6.62. The Labute approximate surface area is 141 Å². The maximum atomic E-state index is 6.08. The second kappa shape index (κ2) is 8.23. The number of unbranched alkanes of at least 4 members (excludes halogenated alkanes) is 1. The number of aryl methyl sites for hydroxylation is 1. The number of aromatic nitrogens is 1. The third kappa shape index (κ3) is 4.92. The van der Waals surface area contributed by atoms with Crippen LogP contribution in [-0.4, -0.2) is 11.6 Å². The average Bonchev–Trinajstić information content (AvgIpc) is 2.88. The van der Waals surface area contributed by atoms with Gasteiger partial charge in [-0.1, -0.05) is 27.5 Å². The summed E-state index contributed by atoms with van der Waals surface area (Å²) < 4.78 is 6.62. The second-order valence-corrected chi connectivity index (χ2v) is 6.78. The zero-order valence-electron chi connectivity index (χ0n) is 10.7. The minimum atomic E-state index is 0.488. The highest BCUT2D eigenvalue weighted by Gasteiger charge is 2.03. The Morgan fingerprint density at radius 1 is 1.30 bits per heavy atom.